The molecule has 5 heteroatoms. The van der Waals surface area contributed by atoms with Gasteiger partial charge in [0.2, 0.25) is 5.88 Å². The van der Waals surface area contributed by atoms with Crippen LogP contribution in [0.2, 0.25) is 0 Å². The van der Waals surface area contributed by atoms with E-state index in [0.717, 1.165) is 15.7 Å². The van der Waals surface area contributed by atoms with Gasteiger partial charge in [0.15, 0.2) is 5.75 Å². The number of pyridine rings is 1. The van der Waals surface area contributed by atoms with Crippen LogP contribution < -0.4 is 15.4 Å². The Bertz CT molecular complexity index is 599. The fourth-order valence-corrected chi connectivity index (χ4v) is 1.90. The smallest absolute Gasteiger partial charge is 0.233 e. The number of nitrogen functional groups attached to an aromatic ring is 1. The third-order valence-electron chi connectivity index (χ3n) is 2.77. The van der Waals surface area contributed by atoms with Gasteiger partial charge in [0.05, 0.1) is 10.2 Å². The van der Waals surface area contributed by atoms with E-state index in [1.807, 2.05) is 50.2 Å². The Morgan fingerprint density at radius 2 is 2.00 bits per heavy atom. The van der Waals surface area contributed by atoms with Crippen LogP contribution in [-0.2, 0) is 0 Å². The second kappa shape index (κ2) is 5.48. The molecule has 0 radical (unpaired) electrons. The van der Waals surface area contributed by atoms with Crippen molar-refractivity contribution in [3.05, 3.63) is 40.5 Å². The summed E-state index contributed by atoms with van der Waals surface area (Å²) in [7, 11) is 3.94. The highest BCUT2D eigenvalue weighted by Crippen LogP contribution is 2.34. The Morgan fingerprint density at radius 3 is 2.68 bits per heavy atom. The van der Waals surface area contributed by atoms with Crippen LogP contribution in [0.15, 0.2) is 34.9 Å². The van der Waals surface area contributed by atoms with Crippen molar-refractivity contribution in [3.63, 3.8) is 0 Å². The van der Waals surface area contributed by atoms with Crippen molar-refractivity contribution in [2.45, 2.75) is 6.92 Å². The molecule has 0 saturated heterocycles. The molecule has 0 amide bonds. The summed E-state index contributed by atoms with van der Waals surface area (Å²) >= 11 is 3.47. The van der Waals surface area contributed by atoms with Crippen LogP contribution >= 0.6 is 15.9 Å². The maximum absolute atomic E-state index is 5.94. The molecule has 19 heavy (non-hydrogen) atoms. The van der Waals surface area contributed by atoms with E-state index in [2.05, 4.69) is 20.9 Å². The number of nitrogens with two attached hydrogens (primary N) is 1. The summed E-state index contributed by atoms with van der Waals surface area (Å²) in [6.45, 7) is 1.98. The van der Waals surface area contributed by atoms with E-state index in [1.165, 1.54) is 0 Å². The van der Waals surface area contributed by atoms with Gasteiger partial charge < -0.3 is 15.4 Å². The van der Waals surface area contributed by atoms with Gasteiger partial charge in [0, 0.05) is 32.0 Å². The van der Waals surface area contributed by atoms with Gasteiger partial charge >= 0.3 is 0 Å². The van der Waals surface area contributed by atoms with Crippen molar-refractivity contribution < 1.29 is 4.74 Å². The third kappa shape index (κ3) is 2.98. The molecule has 0 fully saturated rings. The minimum absolute atomic E-state index is 0.516. The Hall–Kier alpha value is -1.75. The molecular formula is C14H16BrN3O. The lowest BCUT2D eigenvalue weighted by Crippen LogP contribution is -2.08. The second-order valence-electron chi connectivity index (χ2n) is 4.47. The SMILES string of the molecule is Cc1ccnc(Oc2cc(N(C)C)ccc2N)c1Br. The van der Waals surface area contributed by atoms with Crippen molar-refractivity contribution in [1.82, 2.24) is 4.98 Å². The minimum Gasteiger partial charge on any atom is -0.436 e. The molecule has 0 aliphatic heterocycles. The van der Waals surface area contributed by atoms with Gasteiger partial charge in [-0.25, -0.2) is 4.98 Å². The van der Waals surface area contributed by atoms with Crippen molar-refractivity contribution in [3.8, 4) is 11.6 Å². The van der Waals surface area contributed by atoms with Gasteiger partial charge in [0.1, 0.15) is 0 Å². The predicted octanol–water partition coefficient (Wildman–Crippen LogP) is 3.59. The zero-order valence-corrected chi connectivity index (χ0v) is 12.7. The average Bonchev–Trinajstić information content (AvgIpc) is 2.37. The molecule has 0 aliphatic rings. The van der Waals surface area contributed by atoms with E-state index in [1.54, 1.807) is 6.20 Å². The standard InChI is InChI=1S/C14H16BrN3O/c1-9-6-7-17-14(13(9)15)19-12-8-10(18(2)3)4-5-11(12)16/h4-8H,16H2,1-3H3. The fraction of sp³-hybridized carbons (Fsp3) is 0.214. The topological polar surface area (TPSA) is 51.4 Å². The first-order valence-electron chi connectivity index (χ1n) is 5.85. The first kappa shape index (κ1) is 13.7. The summed E-state index contributed by atoms with van der Waals surface area (Å²) in [6, 6.07) is 7.58. The summed E-state index contributed by atoms with van der Waals surface area (Å²) in [5.74, 6) is 1.12. The van der Waals surface area contributed by atoms with Gasteiger partial charge in [0.25, 0.3) is 0 Å². The number of benzene rings is 1. The minimum atomic E-state index is 0.516. The summed E-state index contributed by atoms with van der Waals surface area (Å²) < 4.78 is 6.64. The van der Waals surface area contributed by atoms with Crippen molar-refractivity contribution >= 4 is 27.3 Å². The zero-order chi connectivity index (χ0) is 14.0. The van der Waals surface area contributed by atoms with E-state index in [9.17, 15) is 0 Å². The maximum Gasteiger partial charge on any atom is 0.233 e. The van der Waals surface area contributed by atoms with Crippen LogP contribution in [0, 0.1) is 6.92 Å². The Morgan fingerprint density at radius 1 is 1.26 bits per heavy atom. The highest BCUT2D eigenvalue weighted by atomic mass is 79.9. The molecule has 2 rings (SSSR count). The summed E-state index contributed by atoms with van der Waals surface area (Å²) in [4.78, 5) is 6.20. The molecule has 0 spiro atoms. The fourth-order valence-electron chi connectivity index (χ4n) is 1.58. The quantitative estimate of drug-likeness (QED) is 0.878. The van der Waals surface area contributed by atoms with Gasteiger partial charge in [-0.15, -0.1) is 0 Å². The number of rotatable bonds is 3. The average molecular weight is 322 g/mol. The molecule has 0 atom stereocenters. The van der Waals surface area contributed by atoms with Crippen LogP contribution in [0.5, 0.6) is 11.6 Å². The normalized spacial score (nSPS) is 10.3. The number of aromatic nitrogens is 1. The van der Waals surface area contributed by atoms with Crippen LogP contribution in [-0.4, -0.2) is 19.1 Å². The number of halogens is 1. The third-order valence-corrected chi connectivity index (χ3v) is 3.74. The summed E-state index contributed by atoms with van der Waals surface area (Å²) in [5.41, 5.74) is 8.61. The van der Waals surface area contributed by atoms with Crippen molar-refractivity contribution in [1.29, 1.82) is 0 Å². The van der Waals surface area contributed by atoms with E-state index >= 15 is 0 Å². The molecule has 100 valence electrons. The predicted molar refractivity (Wildman–Crippen MR) is 81.9 cm³/mol. The number of aryl methyl sites for hydroxylation is 1. The van der Waals surface area contributed by atoms with Crippen molar-refractivity contribution in [2.75, 3.05) is 24.7 Å². The maximum atomic E-state index is 5.94. The lowest BCUT2D eigenvalue weighted by Gasteiger charge is -2.16. The molecule has 4 nitrogen and oxygen atoms in total. The number of hydrogen-bond donors (Lipinski definition) is 1. The monoisotopic (exact) mass is 321 g/mol. The lowest BCUT2D eigenvalue weighted by molar-refractivity contribution is 0.461. The number of ether oxygens (including phenoxy) is 1. The molecule has 2 N–H and O–H groups in total. The summed E-state index contributed by atoms with van der Waals surface area (Å²) in [5, 5.41) is 0. The van der Waals surface area contributed by atoms with Gasteiger partial charge in [-0.05, 0) is 46.6 Å². The molecule has 0 bridgehead atoms. The van der Waals surface area contributed by atoms with Crippen LogP contribution in [0.25, 0.3) is 0 Å². The van der Waals surface area contributed by atoms with Gasteiger partial charge in [-0.2, -0.15) is 0 Å². The highest BCUT2D eigenvalue weighted by molar-refractivity contribution is 9.10. The van der Waals surface area contributed by atoms with E-state index in [0.29, 0.717) is 17.3 Å². The van der Waals surface area contributed by atoms with Gasteiger partial charge in [-0.1, -0.05) is 0 Å². The first-order valence-corrected chi connectivity index (χ1v) is 6.64. The van der Waals surface area contributed by atoms with Crippen molar-refractivity contribution in [2.24, 2.45) is 0 Å². The molecule has 0 aliphatic carbocycles. The zero-order valence-electron chi connectivity index (χ0n) is 11.1. The molecule has 2 aromatic rings. The molecule has 1 aromatic heterocycles. The Labute approximate surface area is 121 Å². The van der Waals surface area contributed by atoms with Crippen LogP contribution in [0.3, 0.4) is 0 Å². The largest absolute Gasteiger partial charge is 0.436 e. The molecule has 0 unspecified atom stereocenters. The van der Waals surface area contributed by atoms with Gasteiger partial charge in [-0.3, -0.25) is 0 Å². The Balaban J connectivity index is 2.37. The van der Waals surface area contributed by atoms with Crippen LogP contribution in [0.1, 0.15) is 5.56 Å². The molecule has 0 saturated carbocycles. The first-order chi connectivity index (χ1) is 8.99. The molecule has 1 heterocycles. The highest BCUT2D eigenvalue weighted by Gasteiger charge is 2.10. The van der Waals surface area contributed by atoms with E-state index in [-0.39, 0.29) is 0 Å². The lowest BCUT2D eigenvalue weighted by atomic mass is 10.2. The Kier molecular flexibility index (Phi) is 3.95. The molecule has 1 aromatic carbocycles. The second-order valence-corrected chi connectivity index (χ2v) is 5.26. The van der Waals surface area contributed by atoms with Crippen LogP contribution in [0.4, 0.5) is 11.4 Å². The van der Waals surface area contributed by atoms with E-state index in [4.69, 9.17) is 10.5 Å². The van der Waals surface area contributed by atoms with E-state index < -0.39 is 0 Å². The number of anilines is 2. The molecular weight excluding hydrogens is 306 g/mol. The summed E-state index contributed by atoms with van der Waals surface area (Å²) in [6.07, 6.45) is 1.71. The number of hydrogen-bond acceptors (Lipinski definition) is 4. The number of nitrogens with zero attached hydrogens (tertiary/aromatic N) is 2.